The Morgan fingerprint density at radius 2 is 2.11 bits per heavy atom. The van der Waals surface area contributed by atoms with Gasteiger partial charge >= 0.3 is 0 Å². The number of nitrogens with one attached hydrogen (secondary N) is 1. The summed E-state index contributed by atoms with van der Waals surface area (Å²) in [5.41, 5.74) is 0.358. The van der Waals surface area contributed by atoms with Gasteiger partial charge in [0.25, 0.3) is 5.91 Å². The summed E-state index contributed by atoms with van der Waals surface area (Å²) in [5, 5.41) is 9.95. The summed E-state index contributed by atoms with van der Waals surface area (Å²) in [6, 6.07) is 0.211. The zero-order valence-corrected chi connectivity index (χ0v) is 11.0. The van der Waals surface area contributed by atoms with Crippen LogP contribution in [0.3, 0.4) is 0 Å². The number of carbonyl (C=O) groups excluding carboxylic acids is 1. The molecule has 1 aromatic rings. The van der Waals surface area contributed by atoms with E-state index >= 15 is 0 Å². The summed E-state index contributed by atoms with van der Waals surface area (Å²) < 4.78 is 11.4. The Hall–Kier alpha value is -1.47. The Bertz CT molecular complexity index is 432. The van der Waals surface area contributed by atoms with Gasteiger partial charge < -0.3 is 14.4 Å². The highest BCUT2D eigenvalue weighted by molar-refractivity contribution is 5.91. The van der Waals surface area contributed by atoms with Crippen LogP contribution in [0, 0.1) is 0 Å². The monoisotopic (exact) mass is 266 g/mol. The Morgan fingerprint density at radius 3 is 2.68 bits per heavy atom. The molecule has 1 saturated heterocycles. The fourth-order valence-electron chi connectivity index (χ4n) is 2.87. The van der Waals surface area contributed by atoms with Crippen LogP contribution in [0.1, 0.15) is 36.2 Å². The molecule has 3 rings (SSSR count). The standard InChI is InChI=1S/C12H18N4O3/c1-16(11(17)10-8-13-15-14-10)9-2-4-12(5-3-9)18-6-7-19-12/h8-9H,2-7H2,1H3,(H,13,14,15). The van der Waals surface area contributed by atoms with Crippen molar-refractivity contribution in [1.82, 2.24) is 20.3 Å². The molecule has 1 saturated carbocycles. The second-order valence-corrected chi connectivity index (χ2v) is 5.11. The average molecular weight is 266 g/mol. The van der Waals surface area contributed by atoms with Crippen molar-refractivity contribution in [2.75, 3.05) is 20.3 Å². The van der Waals surface area contributed by atoms with Crippen LogP contribution >= 0.6 is 0 Å². The maximum Gasteiger partial charge on any atom is 0.276 e. The van der Waals surface area contributed by atoms with E-state index in [1.807, 2.05) is 7.05 Å². The highest BCUT2D eigenvalue weighted by Gasteiger charge is 2.41. The molecule has 19 heavy (non-hydrogen) atoms. The number of carbonyl (C=O) groups is 1. The number of nitrogens with zero attached hydrogens (tertiary/aromatic N) is 3. The van der Waals surface area contributed by atoms with Crippen LogP contribution in [0.25, 0.3) is 0 Å². The van der Waals surface area contributed by atoms with Gasteiger partial charge in [-0.15, -0.1) is 0 Å². The molecular formula is C12H18N4O3. The molecule has 0 radical (unpaired) electrons. The summed E-state index contributed by atoms with van der Waals surface area (Å²) in [4.78, 5) is 13.9. The maximum atomic E-state index is 12.2. The molecule has 2 heterocycles. The first-order chi connectivity index (χ1) is 9.20. The third-order valence-corrected chi connectivity index (χ3v) is 4.03. The second-order valence-electron chi connectivity index (χ2n) is 5.11. The quantitative estimate of drug-likeness (QED) is 0.846. The van der Waals surface area contributed by atoms with Gasteiger partial charge in [-0.3, -0.25) is 4.79 Å². The van der Waals surface area contributed by atoms with Gasteiger partial charge in [0.05, 0.1) is 19.4 Å². The van der Waals surface area contributed by atoms with Gasteiger partial charge in [0.1, 0.15) is 0 Å². The molecule has 1 N–H and O–H groups in total. The van der Waals surface area contributed by atoms with E-state index in [-0.39, 0.29) is 17.7 Å². The van der Waals surface area contributed by atoms with Crippen LogP contribution in [0.4, 0.5) is 0 Å². The zero-order valence-electron chi connectivity index (χ0n) is 11.0. The summed E-state index contributed by atoms with van der Waals surface area (Å²) in [6.45, 7) is 1.36. The lowest BCUT2D eigenvalue weighted by Gasteiger charge is -2.38. The fourth-order valence-corrected chi connectivity index (χ4v) is 2.87. The highest BCUT2D eigenvalue weighted by atomic mass is 16.7. The molecule has 0 atom stereocenters. The molecular weight excluding hydrogens is 248 g/mol. The van der Waals surface area contributed by atoms with Gasteiger partial charge in [-0.2, -0.15) is 15.4 Å². The van der Waals surface area contributed by atoms with Crippen molar-refractivity contribution >= 4 is 5.91 Å². The second kappa shape index (κ2) is 4.90. The first-order valence-corrected chi connectivity index (χ1v) is 6.61. The lowest BCUT2D eigenvalue weighted by atomic mass is 9.89. The van der Waals surface area contributed by atoms with Crippen molar-refractivity contribution in [2.24, 2.45) is 0 Å². The van der Waals surface area contributed by atoms with Crippen LogP contribution in [0.15, 0.2) is 6.20 Å². The number of H-pyrrole nitrogens is 1. The summed E-state index contributed by atoms with van der Waals surface area (Å²) in [5.74, 6) is -0.475. The van der Waals surface area contributed by atoms with E-state index in [4.69, 9.17) is 9.47 Å². The van der Waals surface area contributed by atoms with Gasteiger partial charge in [-0.25, -0.2) is 0 Å². The van der Waals surface area contributed by atoms with Gasteiger partial charge in [0.15, 0.2) is 11.5 Å². The molecule has 1 aromatic heterocycles. The molecule has 2 aliphatic rings. The number of aromatic amines is 1. The van der Waals surface area contributed by atoms with Crippen molar-refractivity contribution in [2.45, 2.75) is 37.5 Å². The van der Waals surface area contributed by atoms with Crippen LogP contribution in [0.5, 0.6) is 0 Å². The topological polar surface area (TPSA) is 80.3 Å². The SMILES string of the molecule is CN(C(=O)c1cn[nH]n1)C1CCC2(CC1)OCCO2. The normalized spacial score (nSPS) is 22.8. The van der Waals surface area contributed by atoms with Crippen LogP contribution in [-0.2, 0) is 9.47 Å². The number of ether oxygens (including phenoxy) is 2. The van der Waals surface area contributed by atoms with E-state index in [1.165, 1.54) is 6.20 Å². The van der Waals surface area contributed by atoms with Gasteiger partial charge in [-0.1, -0.05) is 0 Å². The third-order valence-electron chi connectivity index (χ3n) is 4.03. The lowest BCUT2D eigenvalue weighted by Crippen LogP contribution is -2.45. The smallest absolute Gasteiger partial charge is 0.276 e. The van der Waals surface area contributed by atoms with Gasteiger partial charge in [0.2, 0.25) is 0 Å². The van der Waals surface area contributed by atoms with Crippen LogP contribution in [0.2, 0.25) is 0 Å². The zero-order chi connectivity index (χ0) is 13.3. The minimum atomic E-state index is -0.381. The van der Waals surface area contributed by atoms with E-state index in [0.717, 1.165) is 25.7 Å². The molecule has 1 amide bonds. The fraction of sp³-hybridized carbons (Fsp3) is 0.750. The van der Waals surface area contributed by atoms with Crippen molar-refractivity contribution < 1.29 is 14.3 Å². The summed E-state index contributed by atoms with van der Waals surface area (Å²) in [7, 11) is 1.82. The van der Waals surface area contributed by atoms with E-state index < -0.39 is 0 Å². The molecule has 1 aliphatic carbocycles. The Morgan fingerprint density at radius 1 is 1.42 bits per heavy atom. The molecule has 1 aliphatic heterocycles. The molecule has 0 aromatic carbocycles. The van der Waals surface area contributed by atoms with E-state index in [1.54, 1.807) is 4.90 Å². The number of amides is 1. The largest absolute Gasteiger partial charge is 0.348 e. The summed E-state index contributed by atoms with van der Waals surface area (Å²) >= 11 is 0. The number of rotatable bonds is 2. The molecule has 104 valence electrons. The Labute approximate surface area is 111 Å². The van der Waals surface area contributed by atoms with Gasteiger partial charge in [0, 0.05) is 25.9 Å². The lowest BCUT2D eigenvalue weighted by molar-refractivity contribution is -0.182. The third kappa shape index (κ3) is 2.35. The number of aromatic nitrogens is 3. The van der Waals surface area contributed by atoms with E-state index in [9.17, 15) is 4.79 Å². The van der Waals surface area contributed by atoms with Crippen molar-refractivity contribution in [3.05, 3.63) is 11.9 Å². The Kier molecular flexibility index (Phi) is 3.24. The maximum absolute atomic E-state index is 12.2. The van der Waals surface area contributed by atoms with Crippen molar-refractivity contribution in [1.29, 1.82) is 0 Å². The van der Waals surface area contributed by atoms with Crippen LogP contribution < -0.4 is 0 Å². The molecule has 1 spiro atoms. The molecule has 7 heteroatoms. The predicted octanol–water partition coefficient (Wildman–Crippen LogP) is 0.562. The van der Waals surface area contributed by atoms with E-state index in [2.05, 4.69) is 15.4 Å². The van der Waals surface area contributed by atoms with Crippen LogP contribution in [-0.4, -0.2) is 58.3 Å². The van der Waals surface area contributed by atoms with Crippen molar-refractivity contribution in [3.8, 4) is 0 Å². The molecule has 0 bridgehead atoms. The van der Waals surface area contributed by atoms with Crippen molar-refractivity contribution in [3.63, 3.8) is 0 Å². The number of hydrogen-bond donors (Lipinski definition) is 1. The van der Waals surface area contributed by atoms with Gasteiger partial charge in [-0.05, 0) is 12.8 Å². The first kappa shape index (κ1) is 12.6. The highest BCUT2D eigenvalue weighted by Crippen LogP contribution is 2.37. The minimum absolute atomic E-state index is 0.0945. The Balaban J connectivity index is 1.60. The summed E-state index contributed by atoms with van der Waals surface area (Å²) in [6.07, 6.45) is 4.91. The average Bonchev–Trinajstić information content (AvgIpc) is 3.10. The first-order valence-electron chi connectivity index (χ1n) is 6.61. The minimum Gasteiger partial charge on any atom is -0.348 e. The molecule has 2 fully saturated rings. The molecule has 0 unspecified atom stereocenters. The predicted molar refractivity (Wildman–Crippen MR) is 65.4 cm³/mol. The van der Waals surface area contributed by atoms with E-state index in [0.29, 0.717) is 18.9 Å². The molecule has 7 nitrogen and oxygen atoms in total. The number of hydrogen-bond acceptors (Lipinski definition) is 5.